The van der Waals surface area contributed by atoms with Crippen molar-refractivity contribution in [2.75, 3.05) is 0 Å². The highest BCUT2D eigenvalue weighted by Gasteiger charge is 2.58. The van der Waals surface area contributed by atoms with Crippen LogP contribution in [0, 0.1) is 17.3 Å². The summed E-state index contributed by atoms with van der Waals surface area (Å²) in [6, 6.07) is 0. The van der Waals surface area contributed by atoms with E-state index in [1.165, 1.54) is 44.3 Å². The summed E-state index contributed by atoms with van der Waals surface area (Å²) in [6.07, 6.45) is 8.42. The lowest BCUT2D eigenvalue weighted by Crippen LogP contribution is -2.53. The smallest absolute Gasteiger partial charge is 0.143 e. The molecule has 0 aliphatic heterocycles. The van der Waals surface area contributed by atoms with Crippen LogP contribution in [0.3, 0.4) is 0 Å². The van der Waals surface area contributed by atoms with Crippen LogP contribution in [0.2, 0.25) is 0 Å². The van der Waals surface area contributed by atoms with Crippen LogP contribution in [0.4, 0.5) is 0 Å². The van der Waals surface area contributed by atoms with E-state index in [2.05, 4.69) is 44.7 Å². The zero-order valence-corrected chi connectivity index (χ0v) is 13.4. The molecule has 104 valence electrons. The molecule has 3 nitrogen and oxygen atoms in total. The Bertz CT molecular complexity index is 507. The second kappa shape index (κ2) is 3.84. The highest BCUT2D eigenvalue weighted by molar-refractivity contribution is 9.08. The number of aromatic nitrogens is 3. The molecule has 0 saturated heterocycles. The second-order valence-electron chi connectivity index (χ2n) is 7.68. The van der Waals surface area contributed by atoms with Crippen LogP contribution in [0.15, 0.2) is 0 Å². The van der Waals surface area contributed by atoms with Crippen LogP contribution >= 0.6 is 15.9 Å². The second-order valence-corrected chi connectivity index (χ2v) is 8.25. The van der Waals surface area contributed by atoms with Crippen molar-refractivity contribution in [1.82, 2.24) is 14.8 Å². The Kier molecular flexibility index (Phi) is 2.50. The van der Waals surface area contributed by atoms with Gasteiger partial charge in [-0.05, 0) is 55.8 Å². The molecule has 0 spiro atoms. The number of halogens is 1. The number of rotatable bonds is 2. The van der Waals surface area contributed by atoms with E-state index in [4.69, 9.17) is 0 Å². The van der Waals surface area contributed by atoms with Crippen molar-refractivity contribution in [1.29, 1.82) is 0 Å². The summed E-state index contributed by atoms with van der Waals surface area (Å²) < 4.78 is 2.26. The monoisotopic (exact) mass is 323 g/mol. The third-order valence-electron chi connectivity index (χ3n) is 5.91. The van der Waals surface area contributed by atoms with Gasteiger partial charge in [0, 0.05) is 12.5 Å². The van der Waals surface area contributed by atoms with Crippen molar-refractivity contribution in [3.05, 3.63) is 11.6 Å². The topological polar surface area (TPSA) is 30.7 Å². The van der Waals surface area contributed by atoms with Crippen LogP contribution < -0.4 is 0 Å². The Balaban J connectivity index is 1.79. The van der Waals surface area contributed by atoms with Crippen LogP contribution in [0.5, 0.6) is 0 Å². The van der Waals surface area contributed by atoms with Gasteiger partial charge in [0.2, 0.25) is 0 Å². The molecule has 2 atom stereocenters. The van der Waals surface area contributed by atoms with E-state index < -0.39 is 0 Å². The van der Waals surface area contributed by atoms with E-state index in [0.29, 0.717) is 10.8 Å². The predicted octanol–water partition coefficient (Wildman–Crippen LogP) is 3.57. The van der Waals surface area contributed by atoms with E-state index in [9.17, 15) is 0 Å². The molecule has 4 bridgehead atoms. The average Bonchev–Trinajstić information content (AvgIpc) is 2.67. The van der Waals surface area contributed by atoms with E-state index in [1.54, 1.807) is 0 Å². The molecule has 4 heteroatoms. The van der Waals surface area contributed by atoms with Crippen molar-refractivity contribution >= 4 is 15.9 Å². The number of hydrogen-bond acceptors (Lipinski definition) is 2. The van der Waals surface area contributed by atoms with Crippen LogP contribution in [0.1, 0.15) is 57.1 Å². The molecule has 4 fully saturated rings. The Morgan fingerprint density at radius 3 is 2.42 bits per heavy atom. The molecular formula is C15H22BrN3. The summed E-state index contributed by atoms with van der Waals surface area (Å²) in [4.78, 5) is 0. The molecule has 19 heavy (non-hydrogen) atoms. The minimum atomic E-state index is 0.334. The van der Waals surface area contributed by atoms with Gasteiger partial charge in [0.25, 0.3) is 0 Å². The summed E-state index contributed by atoms with van der Waals surface area (Å²) in [5.41, 5.74) is 0.908. The highest BCUT2D eigenvalue weighted by atomic mass is 79.9. The van der Waals surface area contributed by atoms with Gasteiger partial charge in [-0.15, -0.1) is 10.2 Å². The lowest BCUT2D eigenvalue weighted by atomic mass is 9.44. The van der Waals surface area contributed by atoms with Gasteiger partial charge < -0.3 is 4.57 Å². The van der Waals surface area contributed by atoms with Crippen molar-refractivity contribution in [2.24, 2.45) is 24.3 Å². The summed E-state index contributed by atoms with van der Waals surface area (Å²) in [7, 11) is 2.15. The fourth-order valence-electron chi connectivity index (χ4n) is 5.92. The first-order chi connectivity index (χ1) is 9.04. The molecule has 4 saturated carbocycles. The first-order valence-electron chi connectivity index (χ1n) is 7.48. The summed E-state index contributed by atoms with van der Waals surface area (Å²) >= 11 is 3.52. The maximum absolute atomic E-state index is 4.59. The van der Waals surface area contributed by atoms with Crippen LogP contribution in [0.25, 0.3) is 0 Å². The molecule has 4 aliphatic carbocycles. The molecular weight excluding hydrogens is 302 g/mol. The van der Waals surface area contributed by atoms with Gasteiger partial charge in [-0.25, -0.2) is 0 Å². The maximum atomic E-state index is 4.59. The molecule has 1 aromatic rings. The molecule has 0 aromatic carbocycles. The first kappa shape index (κ1) is 12.4. The number of alkyl halides is 1. The van der Waals surface area contributed by atoms with Gasteiger partial charge in [0.05, 0.1) is 5.33 Å². The Morgan fingerprint density at radius 2 is 1.89 bits per heavy atom. The van der Waals surface area contributed by atoms with Gasteiger partial charge >= 0.3 is 0 Å². The van der Waals surface area contributed by atoms with Crippen LogP contribution in [-0.2, 0) is 17.8 Å². The van der Waals surface area contributed by atoms with Gasteiger partial charge in [0.15, 0.2) is 0 Å². The highest BCUT2D eigenvalue weighted by Crippen LogP contribution is 2.65. The van der Waals surface area contributed by atoms with E-state index in [0.717, 1.165) is 23.0 Å². The minimum Gasteiger partial charge on any atom is -0.317 e. The zero-order chi connectivity index (χ0) is 13.3. The third-order valence-corrected chi connectivity index (χ3v) is 6.41. The van der Waals surface area contributed by atoms with E-state index >= 15 is 0 Å². The lowest BCUT2D eigenvalue weighted by Gasteiger charge is -2.60. The molecule has 0 radical (unpaired) electrons. The summed E-state index contributed by atoms with van der Waals surface area (Å²) in [6.45, 7) is 2.51. The van der Waals surface area contributed by atoms with Gasteiger partial charge in [-0.1, -0.05) is 22.9 Å². The molecule has 5 rings (SSSR count). The van der Waals surface area contributed by atoms with Crippen LogP contribution in [-0.4, -0.2) is 14.8 Å². The largest absolute Gasteiger partial charge is 0.317 e. The molecule has 0 amide bonds. The summed E-state index contributed by atoms with van der Waals surface area (Å²) in [5, 5.41) is 9.77. The van der Waals surface area contributed by atoms with Gasteiger partial charge in [-0.3, -0.25) is 0 Å². The van der Waals surface area contributed by atoms with Crippen molar-refractivity contribution in [3.8, 4) is 0 Å². The standard InChI is InChI=1S/C15H22BrN3/c1-14-4-10-3-11(5-14)7-15(6-10,9-14)13-18-17-12(8-16)19(13)2/h10-11H,3-9H2,1-2H3. The van der Waals surface area contributed by atoms with Crippen molar-refractivity contribution in [2.45, 2.75) is 56.2 Å². The van der Waals surface area contributed by atoms with E-state index in [-0.39, 0.29) is 0 Å². The minimum absolute atomic E-state index is 0.334. The van der Waals surface area contributed by atoms with Gasteiger partial charge in [0.1, 0.15) is 11.6 Å². The Morgan fingerprint density at radius 1 is 1.21 bits per heavy atom. The predicted molar refractivity (Wildman–Crippen MR) is 78.1 cm³/mol. The first-order valence-corrected chi connectivity index (χ1v) is 8.60. The summed E-state index contributed by atoms with van der Waals surface area (Å²) in [5.74, 6) is 4.21. The quantitative estimate of drug-likeness (QED) is 0.779. The van der Waals surface area contributed by atoms with Crippen molar-refractivity contribution < 1.29 is 0 Å². The maximum Gasteiger partial charge on any atom is 0.143 e. The zero-order valence-electron chi connectivity index (χ0n) is 11.8. The molecule has 1 heterocycles. The molecule has 0 N–H and O–H groups in total. The van der Waals surface area contributed by atoms with Crippen molar-refractivity contribution in [3.63, 3.8) is 0 Å². The SMILES string of the molecule is Cn1c(CBr)nnc1C12CC3CC(CC(C)(C3)C1)C2. The lowest BCUT2D eigenvalue weighted by molar-refractivity contribution is -0.0658. The Hall–Kier alpha value is -0.380. The Labute approximate surface area is 123 Å². The number of nitrogens with zero attached hydrogens (tertiary/aromatic N) is 3. The fourth-order valence-corrected chi connectivity index (χ4v) is 6.41. The van der Waals surface area contributed by atoms with E-state index in [1.807, 2.05) is 0 Å². The normalized spacial score (nSPS) is 43.9. The molecule has 4 aliphatic rings. The molecule has 1 aromatic heterocycles. The third kappa shape index (κ3) is 1.68. The number of hydrogen-bond donors (Lipinski definition) is 0. The van der Waals surface area contributed by atoms with Gasteiger partial charge in [-0.2, -0.15) is 0 Å². The fraction of sp³-hybridized carbons (Fsp3) is 0.867. The average molecular weight is 324 g/mol. The molecule has 2 unspecified atom stereocenters.